The predicted molar refractivity (Wildman–Crippen MR) is 86.2 cm³/mol. The predicted octanol–water partition coefficient (Wildman–Crippen LogP) is 3.20. The first kappa shape index (κ1) is 15.7. The fourth-order valence-electron chi connectivity index (χ4n) is 1.91. The van der Waals surface area contributed by atoms with Crippen LogP contribution in [-0.4, -0.2) is 23.2 Å². The van der Waals surface area contributed by atoms with Crippen LogP contribution in [0.3, 0.4) is 0 Å². The fraction of sp³-hybridized carbons (Fsp3) is 0.333. The zero-order valence-corrected chi connectivity index (χ0v) is 14.7. The Balaban J connectivity index is 2.69. The quantitative estimate of drug-likeness (QED) is 0.557. The van der Waals surface area contributed by atoms with Gasteiger partial charge in [0.1, 0.15) is 0 Å². The normalized spacial score (nSPS) is 11.8. The van der Waals surface area contributed by atoms with E-state index in [1.165, 1.54) is 0 Å². The van der Waals surface area contributed by atoms with Gasteiger partial charge in [-0.3, -0.25) is 4.57 Å². The molecular formula is C12H13ClIN3O2S. The van der Waals surface area contributed by atoms with Crippen molar-refractivity contribution in [2.24, 2.45) is 0 Å². The van der Waals surface area contributed by atoms with Crippen molar-refractivity contribution in [3.05, 3.63) is 27.3 Å². The first-order valence-corrected chi connectivity index (χ1v) is 9.38. The third kappa shape index (κ3) is 2.99. The van der Waals surface area contributed by atoms with E-state index in [4.69, 9.17) is 10.7 Å². The Morgan fingerprint density at radius 3 is 2.65 bits per heavy atom. The number of hydrogen-bond donors (Lipinski definition) is 0. The summed E-state index contributed by atoms with van der Waals surface area (Å²) in [5.41, 5.74) is 1.96. The van der Waals surface area contributed by atoms with Crippen LogP contribution in [0.2, 0.25) is 0 Å². The Morgan fingerprint density at radius 1 is 1.35 bits per heavy atom. The zero-order valence-electron chi connectivity index (χ0n) is 11.0. The van der Waals surface area contributed by atoms with Crippen molar-refractivity contribution in [3.63, 3.8) is 0 Å². The minimum atomic E-state index is -3.91. The Bertz CT molecular complexity index is 743. The van der Waals surface area contributed by atoms with Crippen LogP contribution in [0.5, 0.6) is 0 Å². The van der Waals surface area contributed by atoms with Crippen molar-refractivity contribution < 1.29 is 8.42 Å². The van der Waals surface area contributed by atoms with E-state index in [1.54, 1.807) is 4.57 Å². The topological polar surface area (TPSA) is 64.8 Å². The molecule has 0 bridgehead atoms. The molecule has 0 atom stereocenters. The third-order valence-corrected chi connectivity index (χ3v) is 5.40. The van der Waals surface area contributed by atoms with Crippen LogP contribution in [0.15, 0.2) is 23.4 Å². The Morgan fingerprint density at radius 2 is 2.05 bits per heavy atom. The van der Waals surface area contributed by atoms with Gasteiger partial charge in [0.15, 0.2) is 5.82 Å². The summed E-state index contributed by atoms with van der Waals surface area (Å²) in [6, 6.07) is 5.80. The van der Waals surface area contributed by atoms with Crippen molar-refractivity contribution in [1.82, 2.24) is 14.8 Å². The summed E-state index contributed by atoms with van der Waals surface area (Å²) in [5, 5.41) is 7.56. The highest BCUT2D eigenvalue weighted by Crippen LogP contribution is 2.28. The van der Waals surface area contributed by atoms with Crippen molar-refractivity contribution in [1.29, 1.82) is 0 Å². The Kier molecular flexibility index (Phi) is 4.70. The maximum atomic E-state index is 11.6. The van der Waals surface area contributed by atoms with E-state index in [2.05, 4.69) is 32.8 Å². The average molecular weight is 426 g/mol. The molecule has 0 spiro atoms. The highest BCUT2D eigenvalue weighted by Gasteiger charge is 2.23. The van der Waals surface area contributed by atoms with Gasteiger partial charge in [0, 0.05) is 26.4 Å². The zero-order chi connectivity index (χ0) is 14.9. The van der Waals surface area contributed by atoms with Crippen molar-refractivity contribution in [2.45, 2.75) is 32.0 Å². The second-order valence-electron chi connectivity index (χ2n) is 4.33. The molecule has 5 nitrogen and oxygen atoms in total. The molecule has 2 aromatic rings. The minimum absolute atomic E-state index is 0.201. The van der Waals surface area contributed by atoms with E-state index in [0.717, 1.165) is 21.1 Å². The van der Waals surface area contributed by atoms with Gasteiger partial charge in [-0.1, -0.05) is 25.1 Å². The number of rotatable bonds is 4. The number of halogens is 2. The smallest absolute Gasteiger partial charge is 0.296 e. The molecule has 0 aliphatic heterocycles. The van der Waals surface area contributed by atoms with Gasteiger partial charge in [0.05, 0.1) is 0 Å². The highest BCUT2D eigenvalue weighted by molar-refractivity contribution is 14.1. The summed E-state index contributed by atoms with van der Waals surface area (Å²) in [6.45, 7) is 4.44. The van der Waals surface area contributed by atoms with Gasteiger partial charge in [0.2, 0.25) is 0 Å². The van der Waals surface area contributed by atoms with Crippen LogP contribution in [0.1, 0.15) is 18.9 Å². The molecule has 20 heavy (non-hydrogen) atoms. The molecular weight excluding hydrogens is 413 g/mol. The molecule has 1 aromatic heterocycles. The molecule has 0 fully saturated rings. The molecule has 0 aliphatic rings. The largest absolute Gasteiger partial charge is 0.297 e. The van der Waals surface area contributed by atoms with Gasteiger partial charge >= 0.3 is 0 Å². The van der Waals surface area contributed by atoms with Crippen LogP contribution in [0.4, 0.5) is 0 Å². The number of aromatic nitrogens is 3. The summed E-state index contributed by atoms with van der Waals surface area (Å²) >= 11 is 2.22. The molecule has 2 rings (SSSR count). The molecule has 0 aliphatic carbocycles. The summed E-state index contributed by atoms with van der Waals surface area (Å²) in [5.74, 6) is 0.527. The van der Waals surface area contributed by atoms with E-state index in [1.807, 2.05) is 32.0 Å². The first-order valence-electron chi connectivity index (χ1n) is 5.99. The van der Waals surface area contributed by atoms with E-state index in [-0.39, 0.29) is 5.16 Å². The molecule has 8 heteroatoms. The fourth-order valence-corrected chi connectivity index (χ4v) is 3.44. The Hall–Kier alpha value is -0.670. The van der Waals surface area contributed by atoms with Crippen molar-refractivity contribution in [2.75, 3.05) is 0 Å². The summed E-state index contributed by atoms with van der Waals surface area (Å²) in [6.07, 6.45) is 0.757. The lowest BCUT2D eigenvalue weighted by atomic mass is 10.1. The molecule has 0 saturated heterocycles. The molecule has 1 aromatic carbocycles. The summed E-state index contributed by atoms with van der Waals surface area (Å²) in [7, 11) is 1.51. The molecule has 0 N–H and O–H groups in total. The lowest BCUT2D eigenvalue weighted by Crippen LogP contribution is -2.08. The molecule has 1 heterocycles. The number of hydrogen-bond acceptors (Lipinski definition) is 4. The monoisotopic (exact) mass is 425 g/mol. The van der Waals surface area contributed by atoms with Gasteiger partial charge in [-0.25, -0.2) is 8.42 Å². The standard InChI is InChI=1S/C12H13ClIN3O2S/c1-3-7-17-11(15-16-12(17)20(13,18)19)9-6-4-5-8(2)10(9)14/h4-6H,3,7H2,1-2H3. The first-order chi connectivity index (χ1) is 9.36. The molecule has 0 radical (unpaired) electrons. The van der Waals surface area contributed by atoms with Gasteiger partial charge in [-0.05, 0) is 41.5 Å². The molecule has 0 saturated carbocycles. The second kappa shape index (κ2) is 5.98. The van der Waals surface area contributed by atoms with Crippen LogP contribution >= 0.6 is 33.3 Å². The third-order valence-electron chi connectivity index (χ3n) is 2.81. The van der Waals surface area contributed by atoms with Gasteiger partial charge in [-0.15, -0.1) is 10.2 Å². The lowest BCUT2D eigenvalue weighted by molar-refractivity contribution is 0.570. The minimum Gasteiger partial charge on any atom is -0.297 e. The van der Waals surface area contributed by atoms with Crippen molar-refractivity contribution in [3.8, 4) is 11.4 Å². The van der Waals surface area contributed by atoms with Crippen molar-refractivity contribution >= 4 is 42.3 Å². The number of nitrogens with zero attached hydrogens (tertiary/aromatic N) is 3. The van der Waals surface area contributed by atoms with E-state index in [9.17, 15) is 8.42 Å². The average Bonchev–Trinajstić information content (AvgIpc) is 2.77. The summed E-state index contributed by atoms with van der Waals surface area (Å²) < 4.78 is 25.7. The van der Waals surface area contributed by atoms with Crippen LogP contribution in [-0.2, 0) is 15.6 Å². The maximum absolute atomic E-state index is 11.6. The molecule has 0 amide bonds. The SMILES string of the molecule is CCCn1c(-c2cccc(C)c2I)nnc1S(=O)(=O)Cl. The van der Waals surface area contributed by atoms with E-state index >= 15 is 0 Å². The van der Waals surface area contributed by atoms with Crippen LogP contribution < -0.4 is 0 Å². The van der Waals surface area contributed by atoms with Gasteiger partial charge in [-0.2, -0.15) is 0 Å². The lowest BCUT2D eigenvalue weighted by Gasteiger charge is -2.10. The number of benzene rings is 1. The summed E-state index contributed by atoms with van der Waals surface area (Å²) in [4.78, 5) is 0. The number of aryl methyl sites for hydroxylation is 1. The Labute approximate surface area is 135 Å². The van der Waals surface area contributed by atoms with Crippen LogP contribution in [0, 0.1) is 10.5 Å². The van der Waals surface area contributed by atoms with Gasteiger partial charge in [0.25, 0.3) is 14.2 Å². The van der Waals surface area contributed by atoms with E-state index < -0.39 is 9.05 Å². The van der Waals surface area contributed by atoms with Crippen LogP contribution in [0.25, 0.3) is 11.4 Å². The van der Waals surface area contributed by atoms with E-state index in [0.29, 0.717) is 12.4 Å². The van der Waals surface area contributed by atoms with Gasteiger partial charge < -0.3 is 0 Å². The maximum Gasteiger partial charge on any atom is 0.296 e. The highest BCUT2D eigenvalue weighted by atomic mass is 127. The molecule has 108 valence electrons. The second-order valence-corrected chi connectivity index (χ2v) is 7.87. The molecule has 0 unspecified atom stereocenters.